The molecule has 7 aliphatic rings. The average Bonchev–Trinajstić information content (AvgIpc) is 1.61. The number of hydrogen-bond donors (Lipinski definition) is 16. The van der Waals surface area contributed by atoms with Gasteiger partial charge in [-0.3, -0.25) is 80.9 Å². The number of ether oxygens (including phenoxy) is 7. The fraction of sp³-hybridized carbons (Fsp3) is 0.563. The number of nitrogens with one attached hydrogen (secondary N) is 5. The van der Waals surface area contributed by atoms with Crippen LogP contribution in [0.2, 0.25) is 0 Å². The zero-order valence-corrected chi connectivity index (χ0v) is 88.3. The summed E-state index contributed by atoms with van der Waals surface area (Å²) in [7, 11) is 1.11. The van der Waals surface area contributed by atoms with Gasteiger partial charge in [0.2, 0.25) is 11.9 Å². The van der Waals surface area contributed by atoms with Crippen molar-refractivity contribution in [2.24, 2.45) is 0 Å². The molecule has 0 radical (unpaired) electrons. The van der Waals surface area contributed by atoms with Gasteiger partial charge in [-0.2, -0.15) is 15.0 Å². The van der Waals surface area contributed by atoms with E-state index in [-0.39, 0.29) is 106 Å². The molecule has 7 aliphatic heterocycles. The smallest absolute Gasteiger partial charge is 0.351 e. The number of fused-ring (bicyclic) bond motifs is 3. The molecule has 61 nitrogen and oxygen atoms in total. The van der Waals surface area contributed by atoms with Crippen molar-refractivity contribution in [1.29, 1.82) is 0 Å². The van der Waals surface area contributed by atoms with Crippen molar-refractivity contribution in [1.82, 2.24) is 96.8 Å². The van der Waals surface area contributed by atoms with Gasteiger partial charge in [-0.1, -0.05) is 0 Å². The SMILES string of the molecule is COP(O)(=S)OC1C[C@H](n2cc(C)c(N)nc2=O)O[C@@H]1COP(O)(=S)OC1C[C@H](n2cnc3c(=O)[nH]c(N)nc32)O[C@@H]1COP(O)(=S)OC1C[C@H](n2cc(C)c(=O)[nH]c2=O)O[C@@H]1COP(O)(=S)OC1C[C@H](n2cc(C)c(=O)[nH]c2=O)O[C@@H]1COP(O)(=S)OC1C[C@H](n2cnc3c(=O)[nH]c(N)nc32)O[C@@H]1COP(O)(=S)OC1C[C@H](n2cnc3c(N)ncnc32)O[C@@H]1COP(O)(=S)OC1C[C@H](n2cc(C)c(=O)[nH]c2=O)O[C@@H]1C. The molecule has 796 valence electrons. The molecular formula is C71H93N24O37P7S7. The van der Waals surface area contributed by atoms with Gasteiger partial charge in [0.05, 0.1) is 107 Å². The minimum Gasteiger partial charge on any atom is -0.383 e. The zero-order valence-electron chi connectivity index (χ0n) is 76.3. The molecule has 10 aromatic heterocycles. The number of hydrogen-bond acceptors (Lipinski definition) is 49. The fourth-order valence-corrected chi connectivity index (χ4v) is 26.7. The van der Waals surface area contributed by atoms with E-state index in [4.69, 9.17) is 202 Å². The number of aromatic nitrogens is 20. The van der Waals surface area contributed by atoms with Gasteiger partial charge in [-0.05, 0) is 117 Å². The van der Waals surface area contributed by atoms with E-state index in [0.29, 0.717) is 5.56 Å². The zero-order chi connectivity index (χ0) is 105. The first-order valence-electron chi connectivity index (χ1n) is 43.5. The summed E-state index contributed by atoms with van der Waals surface area (Å²) in [5.74, 6) is -0.664. The van der Waals surface area contributed by atoms with E-state index in [1.54, 1.807) is 13.8 Å². The number of nitrogen functional groups attached to an aromatic ring is 4. The number of H-pyrrole nitrogens is 5. The van der Waals surface area contributed by atoms with E-state index in [2.05, 4.69) is 64.8 Å². The molecule has 17 heterocycles. The number of nitrogens with two attached hydrogens (primary N) is 4. The van der Waals surface area contributed by atoms with Crippen molar-refractivity contribution in [3.63, 3.8) is 0 Å². The average molecular weight is 2320 g/mol. The molecule has 14 unspecified atom stereocenters. The van der Waals surface area contributed by atoms with E-state index < -0.39 is 279 Å². The number of aromatic amines is 5. The summed E-state index contributed by atoms with van der Waals surface area (Å²) in [6.45, 7) is -28.9. The Kier molecular flexibility index (Phi) is 33.0. The summed E-state index contributed by atoms with van der Waals surface area (Å²) in [4.78, 5) is 245. The summed E-state index contributed by atoms with van der Waals surface area (Å²) in [5.41, 5.74) is 17.4. The van der Waals surface area contributed by atoms with Crippen LogP contribution in [0.3, 0.4) is 0 Å². The number of rotatable bonds is 40. The number of imidazole rings is 3. The summed E-state index contributed by atoms with van der Waals surface area (Å²) in [6, 6.07) is 0. The van der Waals surface area contributed by atoms with Crippen molar-refractivity contribution < 1.29 is 131 Å². The lowest BCUT2D eigenvalue weighted by molar-refractivity contribution is -0.0574. The lowest BCUT2D eigenvalue weighted by Gasteiger charge is -2.29. The van der Waals surface area contributed by atoms with E-state index in [9.17, 15) is 77.4 Å². The molecule has 75 heteroatoms. The van der Waals surface area contributed by atoms with Crippen molar-refractivity contribution in [2.75, 3.05) is 69.7 Å². The summed E-state index contributed by atoms with van der Waals surface area (Å²) >= 11 is 38.9. The van der Waals surface area contributed by atoms with Crippen LogP contribution in [0.1, 0.15) is 118 Å². The van der Waals surface area contributed by atoms with Gasteiger partial charge in [0.1, 0.15) is 97.9 Å². The molecule has 7 fully saturated rings. The molecule has 7 saturated heterocycles. The van der Waals surface area contributed by atoms with E-state index in [1.807, 2.05) is 0 Å². The van der Waals surface area contributed by atoms with Crippen LogP contribution in [0, 0.1) is 27.7 Å². The molecule has 0 aliphatic carbocycles. The van der Waals surface area contributed by atoms with Crippen LogP contribution in [0.15, 0.2) is 93.2 Å². The normalized spacial score (nSPS) is 29.5. The highest BCUT2D eigenvalue weighted by molar-refractivity contribution is 8.09. The van der Waals surface area contributed by atoms with Gasteiger partial charge in [0.15, 0.2) is 33.8 Å². The Labute approximate surface area is 853 Å². The highest BCUT2D eigenvalue weighted by Gasteiger charge is 2.52. The second kappa shape index (κ2) is 43.7. The lowest BCUT2D eigenvalue weighted by atomic mass is 10.2. The lowest BCUT2D eigenvalue weighted by Crippen LogP contribution is -2.33. The van der Waals surface area contributed by atoms with Crippen molar-refractivity contribution >= 4 is 187 Å². The highest BCUT2D eigenvalue weighted by atomic mass is 32.5. The Morgan fingerprint density at radius 2 is 0.610 bits per heavy atom. The van der Waals surface area contributed by atoms with Gasteiger partial charge in [-0.15, -0.1) is 0 Å². The third kappa shape index (κ3) is 25.3. The molecule has 17 rings (SSSR count). The topological polar surface area (TPSA) is 810 Å². The molecule has 0 spiro atoms. The molecule has 28 atom stereocenters. The second-order valence-electron chi connectivity index (χ2n) is 34.0. The summed E-state index contributed by atoms with van der Waals surface area (Å²) in [6.07, 6.45) is -19.1. The van der Waals surface area contributed by atoms with Crippen molar-refractivity contribution in [3.05, 3.63) is 166 Å². The standard InChI is InChI=1S/C71H93N24O37P7S7/c1-28-14-89(68(101)81-56(28)72)47-8-34(127-133(105,140)112-6)40(120-47)18-114-137(109,144)131-38-12-51(94-26-79-54-59(94)82-66(74)84-64(54)99)124-44(38)22-117-136(108,143)129-36-10-49(92-17-31(4)63(98)88-71(92)104)121-41(36)19-115-135(107,142)128-35-9-48(91-16-30(3)62(97)87-70(91)103)122-42(35)20-116-138(110,145)132-39-13-52(95-27-80-55-60(95)83-67(75)85-65(55)100)125-45(39)23-118-139(111,146)130-37-11-50(93-25-78-53-57(73)76-24-77-58(53)93)123-43(37)21-113-134(106,141)126-33-7-46(119-32(33)5)90-15-29(2)61(96)86-69(90)102/h14-17,24-27,32-52H,7-13,18-23H2,1-6H3,(H,105,140)(H,106,141)(H,107,142)(H,108,143)(H,109,144)(H,110,145)(H,111,146)(H2,72,81,101)(H2,73,76,77)(H,86,96,102)(H,87,97,103)(H,88,98,104)(H3,74,82,84,99)(H3,75,83,85,100)/t32-,33?,34?,35?,36?,37?,38?,39?,40-,41-,42-,43-,44-,45-,46-,47-,48-,49-,50-,51-,52-,133?,134?,135?,136?,137?,138?,139?/m1/s1. The first-order valence-corrected chi connectivity index (χ1v) is 61.6. The maximum absolute atomic E-state index is 13.6. The van der Waals surface area contributed by atoms with E-state index >= 15 is 0 Å². The van der Waals surface area contributed by atoms with Crippen LogP contribution in [0.25, 0.3) is 33.5 Å². The molecular weight excluding hydrogens is 2220 g/mol. The first kappa shape index (κ1) is 110. The Bertz CT molecular complexity index is 7650. The third-order valence-corrected chi connectivity index (χ3v) is 35.2. The molecule has 0 saturated carbocycles. The maximum Gasteiger partial charge on any atom is 0.351 e. The second-order valence-corrected chi connectivity index (χ2v) is 53.7. The van der Waals surface area contributed by atoms with Gasteiger partial charge >= 0.3 is 69.8 Å². The number of anilines is 4. The molecule has 20 N–H and O–H groups in total. The highest BCUT2D eigenvalue weighted by Crippen LogP contribution is 2.59. The van der Waals surface area contributed by atoms with E-state index in [0.717, 1.165) is 37.8 Å². The van der Waals surface area contributed by atoms with Crippen LogP contribution in [-0.4, -0.2) is 263 Å². The molecule has 0 amide bonds. The Morgan fingerprint density at radius 1 is 0.336 bits per heavy atom. The summed E-state index contributed by atoms with van der Waals surface area (Å²) in [5, 5.41) is 0. The Balaban J connectivity index is 0.586. The van der Waals surface area contributed by atoms with Gasteiger partial charge < -0.3 is 154 Å². The summed E-state index contributed by atoms with van der Waals surface area (Å²) < 4.78 is 136. The van der Waals surface area contributed by atoms with Crippen LogP contribution >= 0.6 is 47.0 Å². The molecule has 146 heavy (non-hydrogen) atoms. The minimum absolute atomic E-state index is 0.0226. The van der Waals surface area contributed by atoms with Crippen molar-refractivity contribution in [3.8, 4) is 0 Å². The third-order valence-electron chi connectivity index (χ3n) is 24.0. The van der Waals surface area contributed by atoms with Gasteiger partial charge in [0.25, 0.3) is 27.8 Å². The maximum atomic E-state index is 13.6. The predicted octanol–water partition coefficient (Wildman–Crippen LogP) is -0.445. The van der Waals surface area contributed by atoms with Crippen molar-refractivity contribution in [2.45, 2.75) is 209 Å². The Hall–Kier alpha value is -7.20. The fourth-order valence-electron chi connectivity index (χ4n) is 16.9. The van der Waals surface area contributed by atoms with Crippen LogP contribution in [0.4, 0.5) is 23.5 Å². The Morgan fingerprint density at radius 3 is 0.938 bits per heavy atom. The van der Waals surface area contributed by atoms with Gasteiger partial charge in [-0.25, -0.2) is 44.1 Å². The van der Waals surface area contributed by atoms with Gasteiger partial charge in [0, 0.05) is 99.1 Å². The minimum atomic E-state index is -4.81. The number of aryl methyl sites for hydroxylation is 4. The molecule has 10 aromatic rings. The predicted molar refractivity (Wildman–Crippen MR) is 528 cm³/mol. The monoisotopic (exact) mass is 2310 g/mol. The quantitative estimate of drug-likeness (QED) is 0.0216. The van der Waals surface area contributed by atoms with Crippen LogP contribution < -0.4 is 73.5 Å². The van der Waals surface area contributed by atoms with E-state index in [1.165, 1.54) is 72.2 Å². The molecule has 0 bridgehead atoms. The molecule has 0 aromatic carbocycles. The van der Waals surface area contributed by atoms with Crippen LogP contribution in [0.5, 0.6) is 0 Å². The van der Waals surface area contributed by atoms with Crippen LogP contribution in [-0.2, 0) is 179 Å². The largest absolute Gasteiger partial charge is 0.383 e. The first-order chi connectivity index (χ1) is 68.7. The number of nitrogens with zero attached hydrogens (tertiary/aromatic N) is 15.